The molecule has 0 saturated carbocycles. The summed E-state index contributed by atoms with van der Waals surface area (Å²) in [4.78, 5) is 4.78. The van der Waals surface area contributed by atoms with Gasteiger partial charge >= 0.3 is 0 Å². The quantitative estimate of drug-likeness (QED) is 0.887. The van der Waals surface area contributed by atoms with E-state index in [1.807, 2.05) is 0 Å². The predicted octanol–water partition coefficient (Wildman–Crippen LogP) is 3.80. The average molecular weight is 259 g/mol. The molecule has 0 bridgehead atoms. The zero-order valence-corrected chi connectivity index (χ0v) is 12.5. The Bertz CT molecular complexity index is 554. The lowest BCUT2D eigenvalue weighted by molar-refractivity contribution is 0.487. The Hall–Kier alpha value is -1.35. The molecule has 2 N–H and O–H groups in total. The van der Waals surface area contributed by atoms with Gasteiger partial charge in [-0.15, -0.1) is 0 Å². The second kappa shape index (κ2) is 5.74. The normalized spacial score (nSPS) is 13.4. The van der Waals surface area contributed by atoms with Crippen molar-refractivity contribution in [1.29, 1.82) is 0 Å². The number of imidazole rings is 1. The molecule has 2 rings (SSSR count). The molecule has 2 aromatic rings. The van der Waals surface area contributed by atoms with Crippen LogP contribution in [0.25, 0.3) is 11.0 Å². The van der Waals surface area contributed by atoms with Gasteiger partial charge in [0.25, 0.3) is 0 Å². The molecule has 1 unspecified atom stereocenters. The Balaban J connectivity index is 2.53. The molecule has 0 saturated heterocycles. The molecule has 0 aliphatic heterocycles. The zero-order valence-electron chi connectivity index (χ0n) is 12.5. The Labute approximate surface area is 115 Å². The number of aromatic nitrogens is 2. The molecule has 3 nitrogen and oxygen atoms in total. The average Bonchev–Trinajstić information content (AvgIpc) is 2.67. The molecule has 1 atom stereocenters. The van der Waals surface area contributed by atoms with Gasteiger partial charge in [0.2, 0.25) is 0 Å². The highest BCUT2D eigenvalue weighted by Crippen LogP contribution is 2.24. The van der Waals surface area contributed by atoms with Gasteiger partial charge in [-0.2, -0.15) is 0 Å². The first kappa shape index (κ1) is 14.1. The van der Waals surface area contributed by atoms with Gasteiger partial charge in [0.15, 0.2) is 0 Å². The molecule has 1 aromatic carbocycles. The SMILES string of the molecule is CCCC(N)c1nc2cc(C)ccc2n1CC(C)C. The van der Waals surface area contributed by atoms with E-state index in [0.29, 0.717) is 5.92 Å². The summed E-state index contributed by atoms with van der Waals surface area (Å²) in [5.41, 5.74) is 9.83. The summed E-state index contributed by atoms with van der Waals surface area (Å²) in [5.74, 6) is 1.63. The van der Waals surface area contributed by atoms with Crippen molar-refractivity contribution in [3.63, 3.8) is 0 Å². The van der Waals surface area contributed by atoms with Crippen molar-refractivity contribution in [2.75, 3.05) is 0 Å². The van der Waals surface area contributed by atoms with E-state index >= 15 is 0 Å². The van der Waals surface area contributed by atoms with Crippen molar-refractivity contribution in [1.82, 2.24) is 9.55 Å². The molecule has 0 fully saturated rings. The smallest absolute Gasteiger partial charge is 0.126 e. The van der Waals surface area contributed by atoms with E-state index in [2.05, 4.69) is 50.5 Å². The van der Waals surface area contributed by atoms with Crippen LogP contribution in [0.4, 0.5) is 0 Å². The maximum atomic E-state index is 6.30. The number of nitrogens with zero attached hydrogens (tertiary/aromatic N) is 2. The van der Waals surface area contributed by atoms with Crippen LogP contribution in [0, 0.1) is 12.8 Å². The highest BCUT2D eigenvalue weighted by Gasteiger charge is 2.17. The van der Waals surface area contributed by atoms with Crippen LogP contribution >= 0.6 is 0 Å². The van der Waals surface area contributed by atoms with Crippen LogP contribution in [0.1, 0.15) is 51.0 Å². The van der Waals surface area contributed by atoms with E-state index in [9.17, 15) is 0 Å². The van der Waals surface area contributed by atoms with Gasteiger partial charge in [-0.25, -0.2) is 4.98 Å². The Morgan fingerprint density at radius 3 is 2.68 bits per heavy atom. The van der Waals surface area contributed by atoms with Crippen LogP contribution in [0.2, 0.25) is 0 Å². The molecular formula is C16H25N3. The molecule has 19 heavy (non-hydrogen) atoms. The summed E-state index contributed by atoms with van der Waals surface area (Å²) in [6, 6.07) is 6.50. The van der Waals surface area contributed by atoms with Crippen LogP contribution in [0.5, 0.6) is 0 Å². The number of nitrogens with two attached hydrogens (primary N) is 1. The number of rotatable bonds is 5. The standard InChI is InChI=1S/C16H25N3/c1-5-6-13(17)16-18-14-9-12(4)7-8-15(14)19(16)10-11(2)3/h7-9,11,13H,5-6,10,17H2,1-4H3. The summed E-state index contributed by atoms with van der Waals surface area (Å²) in [5, 5.41) is 0. The third kappa shape index (κ3) is 2.98. The lowest BCUT2D eigenvalue weighted by Gasteiger charge is -2.15. The number of hydrogen-bond donors (Lipinski definition) is 1. The molecule has 3 heteroatoms. The van der Waals surface area contributed by atoms with Crippen LogP contribution in [0.15, 0.2) is 18.2 Å². The fourth-order valence-corrected chi connectivity index (χ4v) is 2.54. The van der Waals surface area contributed by atoms with Gasteiger partial charge in [-0.05, 0) is 37.0 Å². The Morgan fingerprint density at radius 2 is 2.05 bits per heavy atom. The van der Waals surface area contributed by atoms with Crippen molar-refractivity contribution < 1.29 is 0 Å². The van der Waals surface area contributed by atoms with Crippen LogP contribution < -0.4 is 5.73 Å². The second-order valence-electron chi connectivity index (χ2n) is 5.86. The van der Waals surface area contributed by atoms with Gasteiger partial charge < -0.3 is 10.3 Å². The third-order valence-electron chi connectivity index (χ3n) is 3.41. The summed E-state index contributed by atoms with van der Waals surface area (Å²) in [6.07, 6.45) is 2.07. The van der Waals surface area contributed by atoms with Crippen LogP contribution in [-0.2, 0) is 6.54 Å². The predicted molar refractivity (Wildman–Crippen MR) is 81.1 cm³/mol. The second-order valence-corrected chi connectivity index (χ2v) is 5.86. The minimum absolute atomic E-state index is 0.0384. The Morgan fingerprint density at radius 1 is 1.32 bits per heavy atom. The van der Waals surface area contributed by atoms with E-state index in [4.69, 9.17) is 10.7 Å². The van der Waals surface area contributed by atoms with Crippen molar-refractivity contribution in [3.05, 3.63) is 29.6 Å². The van der Waals surface area contributed by atoms with Crippen molar-refractivity contribution in [3.8, 4) is 0 Å². The molecule has 0 amide bonds. The first-order valence-corrected chi connectivity index (χ1v) is 7.25. The van der Waals surface area contributed by atoms with Gasteiger partial charge in [-0.1, -0.05) is 33.3 Å². The minimum Gasteiger partial charge on any atom is -0.326 e. The highest BCUT2D eigenvalue weighted by atomic mass is 15.1. The minimum atomic E-state index is 0.0384. The van der Waals surface area contributed by atoms with Crippen molar-refractivity contribution >= 4 is 11.0 Å². The third-order valence-corrected chi connectivity index (χ3v) is 3.41. The van der Waals surface area contributed by atoms with Gasteiger partial charge in [0.1, 0.15) is 5.82 Å². The molecule has 0 aliphatic rings. The molecule has 1 heterocycles. The number of hydrogen-bond acceptors (Lipinski definition) is 2. The summed E-state index contributed by atoms with van der Waals surface area (Å²) in [7, 11) is 0. The van der Waals surface area contributed by atoms with E-state index in [1.54, 1.807) is 0 Å². The fraction of sp³-hybridized carbons (Fsp3) is 0.562. The van der Waals surface area contributed by atoms with E-state index in [1.165, 1.54) is 11.1 Å². The topological polar surface area (TPSA) is 43.8 Å². The van der Waals surface area contributed by atoms with E-state index in [0.717, 1.165) is 30.7 Å². The molecule has 104 valence electrons. The molecule has 1 aromatic heterocycles. The lowest BCUT2D eigenvalue weighted by atomic mass is 10.1. The van der Waals surface area contributed by atoms with Crippen molar-refractivity contribution in [2.24, 2.45) is 11.7 Å². The molecule has 0 spiro atoms. The zero-order chi connectivity index (χ0) is 14.0. The largest absolute Gasteiger partial charge is 0.326 e. The maximum Gasteiger partial charge on any atom is 0.126 e. The fourth-order valence-electron chi connectivity index (χ4n) is 2.54. The van der Waals surface area contributed by atoms with E-state index in [-0.39, 0.29) is 6.04 Å². The number of aryl methyl sites for hydroxylation is 1. The van der Waals surface area contributed by atoms with Gasteiger partial charge in [0, 0.05) is 6.54 Å². The summed E-state index contributed by atoms with van der Waals surface area (Å²) in [6.45, 7) is 9.71. The number of benzene rings is 1. The monoisotopic (exact) mass is 259 g/mol. The first-order valence-electron chi connectivity index (χ1n) is 7.25. The Kier molecular flexibility index (Phi) is 4.25. The molecule has 0 radical (unpaired) electrons. The van der Waals surface area contributed by atoms with Crippen molar-refractivity contribution in [2.45, 2.75) is 53.1 Å². The summed E-state index contributed by atoms with van der Waals surface area (Å²) < 4.78 is 2.31. The van der Waals surface area contributed by atoms with Crippen LogP contribution in [0.3, 0.4) is 0 Å². The maximum absolute atomic E-state index is 6.30. The molecular weight excluding hydrogens is 234 g/mol. The number of fused-ring (bicyclic) bond motifs is 1. The lowest BCUT2D eigenvalue weighted by Crippen LogP contribution is -2.18. The first-order chi connectivity index (χ1) is 9.02. The van der Waals surface area contributed by atoms with Gasteiger partial charge in [0.05, 0.1) is 17.1 Å². The highest BCUT2D eigenvalue weighted by molar-refractivity contribution is 5.77. The van der Waals surface area contributed by atoms with Crippen LogP contribution in [-0.4, -0.2) is 9.55 Å². The summed E-state index contributed by atoms with van der Waals surface area (Å²) >= 11 is 0. The van der Waals surface area contributed by atoms with E-state index < -0.39 is 0 Å². The van der Waals surface area contributed by atoms with Gasteiger partial charge in [-0.3, -0.25) is 0 Å². The molecule has 0 aliphatic carbocycles.